The fourth-order valence-corrected chi connectivity index (χ4v) is 2.43. The molecule has 0 aromatic carbocycles. The summed E-state index contributed by atoms with van der Waals surface area (Å²) in [5.74, 6) is -0.607. The summed E-state index contributed by atoms with van der Waals surface area (Å²) in [6, 6.07) is 0. The molecular weight excluding hydrogens is 286 g/mol. The molecule has 22 heavy (non-hydrogen) atoms. The van der Waals surface area contributed by atoms with E-state index in [1.807, 2.05) is 14.1 Å². The van der Waals surface area contributed by atoms with Gasteiger partial charge in [-0.05, 0) is 33.5 Å². The molecule has 1 N–H and O–H groups in total. The highest BCUT2D eigenvalue weighted by molar-refractivity contribution is 5.89. The van der Waals surface area contributed by atoms with Crippen molar-refractivity contribution in [2.24, 2.45) is 5.92 Å². The maximum absolute atomic E-state index is 12.0. The summed E-state index contributed by atoms with van der Waals surface area (Å²) in [5.41, 5.74) is 0. The SMILES string of the molecule is COC(=O)CCCNC(=O)C1CC(=O)N(CCCN(C)C)C1. The number of ether oxygens (including phenoxy) is 1. The standard InChI is InChI=1S/C15H27N3O4/c1-17(2)8-5-9-18-11-12(10-13(18)19)15(21)16-7-4-6-14(20)22-3/h12H,4-11H2,1-3H3,(H,16,21). The van der Waals surface area contributed by atoms with Crippen LogP contribution in [0.15, 0.2) is 0 Å². The number of carbonyl (C=O) groups excluding carboxylic acids is 3. The molecule has 0 aliphatic carbocycles. The fraction of sp³-hybridized carbons (Fsp3) is 0.800. The number of hydrogen-bond donors (Lipinski definition) is 1. The molecule has 7 nitrogen and oxygen atoms in total. The molecule has 1 saturated heterocycles. The topological polar surface area (TPSA) is 78.9 Å². The van der Waals surface area contributed by atoms with Crippen LogP contribution in [-0.2, 0) is 19.1 Å². The smallest absolute Gasteiger partial charge is 0.305 e. The zero-order valence-electron chi connectivity index (χ0n) is 13.8. The molecule has 0 aromatic rings. The third kappa shape index (κ3) is 6.43. The third-order valence-corrected chi connectivity index (χ3v) is 3.70. The molecular formula is C15H27N3O4. The Hall–Kier alpha value is -1.63. The lowest BCUT2D eigenvalue weighted by molar-refractivity contribution is -0.140. The number of nitrogens with zero attached hydrogens (tertiary/aromatic N) is 2. The van der Waals surface area contributed by atoms with E-state index >= 15 is 0 Å². The summed E-state index contributed by atoms with van der Waals surface area (Å²) < 4.78 is 4.53. The van der Waals surface area contributed by atoms with Crippen molar-refractivity contribution in [3.63, 3.8) is 0 Å². The molecule has 1 aliphatic rings. The second-order valence-electron chi connectivity index (χ2n) is 5.87. The summed E-state index contributed by atoms with van der Waals surface area (Å²) >= 11 is 0. The van der Waals surface area contributed by atoms with Crippen LogP contribution in [0.25, 0.3) is 0 Å². The lowest BCUT2D eigenvalue weighted by atomic mass is 10.1. The summed E-state index contributed by atoms with van der Waals surface area (Å²) in [5, 5.41) is 2.79. The normalized spacial score (nSPS) is 17.9. The van der Waals surface area contributed by atoms with Gasteiger partial charge < -0.3 is 19.9 Å². The molecule has 0 radical (unpaired) electrons. The van der Waals surface area contributed by atoms with Crippen LogP contribution in [-0.4, -0.2) is 75.0 Å². The lowest BCUT2D eigenvalue weighted by Crippen LogP contribution is -2.34. The molecule has 7 heteroatoms. The van der Waals surface area contributed by atoms with E-state index in [9.17, 15) is 14.4 Å². The molecule has 1 heterocycles. The van der Waals surface area contributed by atoms with Crippen LogP contribution in [0, 0.1) is 5.92 Å². The number of hydrogen-bond acceptors (Lipinski definition) is 5. The molecule has 1 atom stereocenters. The van der Waals surface area contributed by atoms with Gasteiger partial charge in [-0.15, -0.1) is 0 Å². The number of esters is 1. The zero-order valence-corrected chi connectivity index (χ0v) is 13.8. The highest BCUT2D eigenvalue weighted by Crippen LogP contribution is 2.18. The number of carbonyl (C=O) groups is 3. The molecule has 1 unspecified atom stereocenters. The van der Waals surface area contributed by atoms with Gasteiger partial charge in [0.2, 0.25) is 11.8 Å². The van der Waals surface area contributed by atoms with Crippen molar-refractivity contribution in [1.82, 2.24) is 15.1 Å². The van der Waals surface area contributed by atoms with Crippen LogP contribution in [0.1, 0.15) is 25.7 Å². The lowest BCUT2D eigenvalue weighted by Gasteiger charge is -2.18. The van der Waals surface area contributed by atoms with E-state index in [0.29, 0.717) is 26.1 Å². The third-order valence-electron chi connectivity index (χ3n) is 3.70. The summed E-state index contributed by atoms with van der Waals surface area (Å²) in [6.45, 7) is 2.55. The highest BCUT2D eigenvalue weighted by atomic mass is 16.5. The van der Waals surface area contributed by atoms with Gasteiger partial charge in [-0.1, -0.05) is 0 Å². The maximum Gasteiger partial charge on any atom is 0.305 e. The maximum atomic E-state index is 12.0. The molecule has 0 bridgehead atoms. The van der Waals surface area contributed by atoms with Crippen molar-refractivity contribution < 1.29 is 19.1 Å². The first-order chi connectivity index (χ1) is 10.4. The fourth-order valence-electron chi connectivity index (χ4n) is 2.43. The first kappa shape index (κ1) is 18.4. The Kier molecular flexibility index (Phi) is 7.87. The Morgan fingerprint density at radius 2 is 2.09 bits per heavy atom. The average molecular weight is 313 g/mol. The minimum absolute atomic E-state index is 0.0495. The molecule has 1 aliphatic heterocycles. The van der Waals surface area contributed by atoms with Gasteiger partial charge in [-0.2, -0.15) is 0 Å². The zero-order chi connectivity index (χ0) is 16.5. The van der Waals surface area contributed by atoms with Crippen LogP contribution < -0.4 is 5.32 Å². The quantitative estimate of drug-likeness (QED) is 0.473. The first-order valence-corrected chi connectivity index (χ1v) is 7.71. The molecule has 2 amide bonds. The van der Waals surface area contributed by atoms with Crippen molar-refractivity contribution in [1.29, 1.82) is 0 Å². The Morgan fingerprint density at radius 3 is 2.73 bits per heavy atom. The number of amides is 2. The molecule has 126 valence electrons. The van der Waals surface area contributed by atoms with Crippen molar-refractivity contribution in [2.75, 3.05) is 47.4 Å². The Bertz CT molecular complexity index is 398. The van der Waals surface area contributed by atoms with Crippen molar-refractivity contribution in [2.45, 2.75) is 25.7 Å². The van der Waals surface area contributed by atoms with Gasteiger partial charge >= 0.3 is 5.97 Å². The molecule has 1 fully saturated rings. The van der Waals surface area contributed by atoms with Crippen LogP contribution >= 0.6 is 0 Å². The Labute approximate surface area is 132 Å². The number of likely N-dealkylation sites (tertiary alicyclic amines) is 1. The number of rotatable bonds is 9. The second kappa shape index (κ2) is 9.40. The van der Waals surface area contributed by atoms with E-state index in [-0.39, 0.29) is 36.5 Å². The van der Waals surface area contributed by atoms with E-state index in [0.717, 1.165) is 13.0 Å². The second-order valence-corrected chi connectivity index (χ2v) is 5.87. The van der Waals surface area contributed by atoms with E-state index < -0.39 is 0 Å². The average Bonchev–Trinajstić information content (AvgIpc) is 2.84. The van der Waals surface area contributed by atoms with Crippen LogP contribution in [0.3, 0.4) is 0 Å². The van der Waals surface area contributed by atoms with Crippen molar-refractivity contribution in [3.05, 3.63) is 0 Å². The van der Waals surface area contributed by atoms with E-state index in [2.05, 4.69) is 15.0 Å². The minimum Gasteiger partial charge on any atom is -0.469 e. The largest absolute Gasteiger partial charge is 0.469 e. The van der Waals surface area contributed by atoms with Gasteiger partial charge in [-0.3, -0.25) is 14.4 Å². The number of nitrogens with one attached hydrogen (secondary N) is 1. The van der Waals surface area contributed by atoms with Gasteiger partial charge in [0.1, 0.15) is 0 Å². The molecule has 0 saturated carbocycles. The van der Waals surface area contributed by atoms with Gasteiger partial charge in [0.25, 0.3) is 0 Å². The Balaban J connectivity index is 2.24. The Morgan fingerprint density at radius 1 is 1.36 bits per heavy atom. The van der Waals surface area contributed by atoms with E-state index in [1.165, 1.54) is 7.11 Å². The van der Waals surface area contributed by atoms with Crippen molar-refractivity contribution in [3.8, 4) is 0 Å². The first-order valence-electron chi connectivity index (χ1n) is 7.71. The molecule has 0 spiro atoms. The van der Waals surface area contributed by atoms with Gasteiger partial charge in [0, 0.05) is 32.5 Å². The van der Waals surface area contributed by atoms with Gasteiger partial charge in [0.15, 0.2) is 0 Å². The predicted octanol–water partition coefficient (Wildman–Crippen LogP) is -0.144. The van der Waals surface area contributed by atoms with E-state index in [4.69, 9.17) is 0 Å². The van der Waals surface area contributed by atoms with Gasteiger partial charge in [-0.25, -0.2) is 0 Å². The highest BCUT2D eigenvalue weighted by Gasteiger charge is 2.33. The summed E-state index contributed by atoms with van der Waals surface area (Å²) in [6.07, 6.45) is 2.03. The summed E-state index contributed by atoms with van der Waals surface area (Å²) in [7, 11) is 5.34. The molecule has 0 aromatic heterocycles. The van der Waals surface area contributed by atoms with Crippen LogP contribution in [0.4, 0.5) is 0 Å². The monoisotopic (exact) mass is 313 g/mol. The number of methoxy groups -OCH3 is 1. The van der Waals surface area contributed by atoms with Crippen LogP contribution in [0.5, 0.6) is 0 Å². The minimum atomic E-state index is -0.280. The molecule has 1 rings (SSSR count). The predicted molar refractivity (Wildman–Crippen MR) is 82.1 cm³/mol. The van der Waals surface area contributed by atoms with Crippen LogP contribution in [0.2, 0.25) is 0 Å². The van der Waals surface area contributed by atoms with E-state index in [1.54, 1.807) is 4.90 Å². The van der Waals surface area contributed by atoms with Gasteiger partial charge in [0.05, 0.1) is 13.0 Å². The summed E-state index contributed by atoms with van der Waals surface area (Å²) in [4.78, 5) is 38.7. The van der Waals surface area contributed by atoms with Crippen molar-refractivity contribution >= 4 is 17.8 Å².